The molecule has 1 aromatic carbocycles. The topological polar surface area (TPSA) is 83.5 Å². The lowest BCUT2D eigenvalue weighted by molar-refractivity contribution is 0.0702. The van der Waals surface area contributed by atoms with Crippen LogP contribution in [0.5, 0.6) is 0 Å². The van der Waals surface area contributed by atoms with E-state index in [0.717, 1.165) is 28.5 Å². The number of carboxylic acids is 1. The number of carbonyl (C=O) groups is 1. The Kier molecular flexibility index (Phi) is 4.22. The fourth-order valence-electron chi connectivity index (χ4n) is 1.64. The minimum absolute atomic E-state index is 0.00117. The number of nitrogens with one attached hydrogen (secondary N) is 1. The smallest absolute Gasteiger partial charge is 0.345 e. The molecule has 20 heavy (non-hydrogen) atoms. The molecule has 0 amide bonds. The van der Waals surface area contributed by atoms with Crippen LogP contribution in [-0.2, 0) is 16.6 Å². The highest BCUT2D eigenvalue weighted by Crippen LogP contribution is 2.19. The first kappa shape index (κ1) is 14.7. The molecule has 0 saturated heterocycles. The van der Waals surface area contributed by atoms with Gasteiger partial charge in [0.25, 0.3) is 0 Å². The van der Waals surface area contributed by atoms with Crippen molar-refractivity contribution >= 4 is 27.3 Å². The standard InChI is InChI=1S/C13H13NO4S2/c1-9-4-2-3-5-10(9)7-14-20(17,18)11-6-12(13(15)16)19-8-11/h2-6,8,14H,7H2,1H3,(H,15,16). The molecule has 2 N–H and O–H groups in total. The van der Waals surface area contributed by atoms with Crippen molar-refractivity contribution in [1.29, 1.82) is 0 Å². The number of hydrogen-bond acceptors (Lipinski definition) is 4. The summed E-state index contributed by atoms with van der Waals surface area (Å²) in [6.07, 6.45) is 0. The van der Waals surface area contributed by atoms with E-state index in [9.17, 15) is 13.2 Å². The van der Waals surface area contributed by atoms with E-state index < -0.39 is 16.0 Å². The average Bonchev–Trinajstić information content (AvgIpc) is 2.88. The number of sulfonamides is 1. The summed E-state index contributed by atoms with van der Waals surface area (Å²) in [6, 6.07) is 8.62. The van der Waals surface area contributed by atoms with E-state index in [1.165, 1.54) is 5.38 Å². The predicted molar refractivity (Wildman–Crippen MR) is 76.5 cm³/mol. The first-order chi connectivity index (χ1) is 9.40. The van der Waals surface area contributed by atoms with Crippen LogP contribution in [0.4, 0.5) is 0 Å². The monoisotopic (exact) mass is 311 g/mol. The first-order valence-electron chi connectivity index (χ1n) is 5.76. The van der Waals surface area contributed by atoms with Crippen LogP contribution in [0.2, 0.25) is 0 Å². The molecule has 0 unspecified atom stereocenters. The van der Waals surface area contributed by atoms with Crippen molar-refractivity contribution in [1.82, 2.24) is 4.72 Å². The number of thiophene rings is 1. The molecular formula is C13H13NO4S2. The van der Waals surface area contributed by atoms with Gasteiger partial charge in [-0.15, -0.1) is 11.3 Å². The molecule has 0 radical (unpaired) electrons. The van der Waals surface area contributed by atoms with E-state index in [0.29, 0.717) is 0 Å². The van der Waals surface area contributed by atoms with Crippen LogP contribution >= 0.6 is 11.3 Å². The molecule has 0 fully saturated rings. The summed E-state index contributed by atoms with van der Waals surface area (Å²) in [6.45, 7) is 2.07. The Bertz CT molecular complexity index is 734. The molecule has 5 nitrogen and oxygen atoms in total. The molecule has 2 aromatic rings. The normalized spacial score (nSPS) is 11.4. The van der Waals surface area contributed by atoms with Gasteiger partial charge in [0.15, 0.2) is 0 Å². The van der Waals surface area contributed by atoms with Gasteiger partial charge in [-0.3, -0.25) is 0 Å². The third-order valence-electron chi connectivity index (χ3n) is 2.81. The molecule has 2 rings (SSSR count). The van der Waals surface area contributed by atoms with E-state index in [4.69, 9.17) is 5.11 Å². The number of hydrogen-bond donors (Lipinski definition) is 2. The molecule has 0 saturated carbocycles. The van der Waals surface area contributed by atoms with E-state index in [1.54, 1.807) is 0 Å². The van der Waals surface area contributed by atoms with Gasteiger partial charge in [-0.25, -0.2) is 17.9 Å². The third-order valence-corrected chi connectivity index (χ3v) is 5.26. The maximum atomic E-state index is 12.1. The van der Waals surface area contributed by atoms with Crippen LogP contribution in [0.15, 0.2) is 40.6 Å². The van der Waals surface area contributed by atoms with Crippen molar-refractivity contribution in [3.63, 3.8) is 0 Å². The van der Waals surface area contributed by atoms with Crippen LogP contribution in [0.1, 0.15) is 20.8 Å². The molecular weight excluding hydrogens is 298 g/mol. The summed E-state index contributed by atoms with van der Waals surface area (Å²) in [5.74, 6) is -1.13. The Morgan fingerprint density at radius 3 is 2.65 bits per heavy atom. The SMILES string of the molecule is Cc1ccccc1CNS(=O)(=O)c1csc(C(=O)O)c1. The molecule has 0 aliphatic heterocycles. The number of carboxylic acid groups (broad SMARTS) is 1. The van der Waals surface area contributed by atoms with Crippen LogP contribution in [-0.4, -0.2) is 19.5 Å². The number of aryl methyl sites for hydroxylation is 1. The first-order valence-corrected chi connectivity index (χ1v) is 8.12. The van der Waals surface area contributed by atoms with Crippen LogP contribution in [0.3, 0.4) is 0 Å². The lowest BCUT2D eigenvalue weighted by Gasteiger charge is -2.07. The summed E-state index contributed by atoms with van der Waals surface area (Å²) in [5.41, 5.74) is 1.87. The Balaban J connectivity index is 2.15. The van der Waals surface area contributed by atoms with Gasteiger partial charge < -0.3 is 5.11 Å². The van der Waals surface area contributed by atoms with Crippen LogP contribution in [0, 0.1) is 6.92 Å². The van der Waals surface area contributed by atoms with Gasteiger partial charge in [0.05, 0.1) is 4.90 Å². The molecule has 0 bridgehead atoms. The Hall–Kier alpha value is -1.70. The minimum atomic E-state index is -3.69. The Morgan fingerprint density at radius 1 is 1.35 bits per heavy atom. The zero-order valence-corrected chi connectivity index (χ0v) is 12.3. The van der Waals surface area contributed by atoms with Gasteiger partial charge in [0.1, 0.15) is 4.88 Å². The van der Waals surface area contributed by atoms with Crippen molar-refractivity contribution in [3.8, 4) is 0 Å². The molecule has 7 heteroatoms. The summed E-state index contributed by atoms with van der Waals surface area (Å²) < 4.78 is 26.6. The van der Waals surface area contributed by atoms with Crippen LogP contribution in [0.25, 0.3) is 0 Å². The zero-order valence-electron chi connectivity index (χ0n) is 10.7. The van der Waals surface area contributed by atoms with E-state index in [2.05, 4.69) is 4.72 Å². The number of aromatic carboxylic acids is 1. The van der Waals surface area contributed by atoms with E-state index >= 15 is 0 Å². The molecule has 1 aromatic heterocycles. The molecule has 0 aliphatic carbocycles. The minimum Gasteiger partial charge on any atom is -0.477 e. The number of rotatable bonds is 5. The molecule has 106 valence electrons. The molecule has 0 aliphatic rings. The zero-order chi connectivity index (χ0) is 14.8. The average molecular weight is 311 g/mol. The van der Waals surface area contributed by atoms with Gasteiger partial charge in [-0.05, 0) is 24.1 Å². The maximum Gasteiger partial charge on any atom is 0.345 e. The second-order valence-electron chi connectivity index (χ2n) is 4.20. The van der Waals surface area contributed by atoms with E-state index in [1.807, 2.05) is 31.2 Å². The fourth-order valence-corrected chi connectivity index (χ4v) is 3.75. The second-order valence-corrected chi connectivity index (χ2v) is 6.88. The summed E-state index contributed by atoms with van der Waals surface area (Å²) >= 11 is 0.891. The van der Waals surface area contributed by atoms with Crippen LogP contribution < -0.4 is 4.72 Å². The predicted octanol–water partition coefficient (Wildman–Crippen LogP) is 2.23. The van der Waals surface area contributed by atoms with Gasteiger partial charge >= 0.3 is 5.97 Å². The largest absolute Gasteiger partial charge is 0.477 e. The highest BCUT2D eigenvalue weighted by molar-refractivity contribution is 7.89. The van der Waals surface area contributed by atoms with Crippen molar-refractivity contribution in [2.24, 2.45) is 0 Å². The second kappa shape index (κ2) is 5.74. The quantitative estimate of drug-likeness (QED) is 0.887. The third kappa shape index (κ3) is 3.24. The highest BCUT2D eigenvalue weighted by Gasteiger charge is 2.18. The lowest BCUT2D eigenvalue weighted by atomic mass is 10.1. The highest BCUT2D eigenvalue weighted by atomic mass is 32.2. The fraction of sp³-hybridized carbons (Fsp3) is 0.154. The van der Waals surface area contributed by atoms with Crippen molar-refractivity contribution < 1.29 is 18.3 Å². The van der Waals surface area contributed by atoms with Gasteiger partial charge in [0, 0.05) is 11.9 Å². The molecule has 0 atom stereocenters. The van der Waals surface area contributed by atoms with E-state index in [-0.39, 0.29) is 16.3 Å². The Labute approximate surface area is 120 Å². The molecule has 1 heterocycles. The van der Waals surface area contributed by atoms with Gasteiger partial charge in [-0.1, -0.05) is 24.3 Å². The number of benzene rings is 1. The van der Waals surface area contributed by atoms with Gasteiger partial charge in [0.2, 0.25) is 10.0 Å². The van der Waals surface area contributed by atoms with Gasteiger partial charge in [-0.2, -0.15) is 0 Å². The lowest BCUT2D eigenvalue weighted by Crippen LogP contribution is -2.23. The summed E-state index contributed by atoms with van der Waals surface area (Å²) in [4.78, 5) is 10.7. The van der Waals surface area contributed by atoms with Crippen molar-refractivity contribution in [3.05, 3.63) is 51.7 Å². The van der Waals surface area contributed by atoms with Crippen molar-refractivity contribution in [2.45, 2.75) is 18.4 Å². The summed E-state index contributed by atoms with van der Waals surface area (Å²) in [7, 11) is -3.69. The maximum absolute atomic E-state index is 12.1. The Morgan fingerprint density at radius 2 is 2.05 bits per heavy atom. The molecule has 0 spiro atoms. The summed E-state index contributed by atoms with van der Waals surface area (Å²) in [5, 5.41) is 10.1. The van der Waals surface area contributed by atoms with Crippen molar-refractivity contribution in [2.75, 3.05) is 0 Å².